The van der Waals surface area contributed by atoms with E-state index < -0.39 is 0 Å². The van der Waals surface area contributed by atoms with E-state index in [1.807, 2.05) is 30.3 Å². The Labute approximate surface area is 171 Å². The van der Waals surface area contributed by atoms with E-state index in [0.717, 1.165) is 68.6 Å². The lowest BCUT2D eigenvalue weighted by molar-refractivity contribution is 0.0880. The summed E-state index contributed by atoms with van der Waals surface area (Å²) in [7, 11) is 0. The Hall–Kier alpha value is -3.86. The molecule has 2 aliphatic heterocycles. The molecule has 4 heterocycles. The summed E-state index contributed by atoms with van der Waals surface area (Å²) >= 11 is 0. The fourth-order valence-electron chi connectivity index (χ4n) is 5.40. The van der Waals surface area contributed by atoms with Crippen molar-refractivity contribution in [1.29, 1.82) is 0 Å². The third kappa shape index (κ3) is 1.78. The molecular formula is C25H17N3O2. The zero-order valence-electron chi connectivity index (χ0n) is 16.1. The molecule has 5 heteroatoms. The molecule has 5 nitrogen and oxygen atoms in total. The highest BCUT2D eigenvalue weighted by Gasteiger charge is 2.35. The van der Waals surface area contributed by atoms with E-state index in [-0.39, 0.29) is 11.8 Å². The maximum Gasteiger partial charge on any atom is 0.259 e. The first kappa shape index (κ1) is 16.0. The van der Waals surface area contributed by atoms with Gasteiger partial charge in [0.15, 0.2) is 0 Å². The second-order valence-corrected chi connectivity index (χ2v) is 8.12. The van der Waals surface area contributed by atoms with Gasteiger partial charge in [-0.15, -0.1) is 0 Å². The second-order valence-electron chi connectivity index (χ2n) is 8.12. The molecule has 0 atom stereocenters. The predicted molar refractivity (Wildman–Crippen MR) is 119 cm³/mol. The number of carbonyl (C=O) groups excluding carboxylic acids is 2. The summed E-state index contributed by atoms with van der Waals surface area (Å²) in [5.74, 6) is -0.616. The first-order valence-corrected chi connectivity index (χ1v) is 10.3. The van der Waals surface area contributed by atoms with Crippen molar-refractivity contribution in [2.45, 2.75) is 19.4 Å². The van der Waals surface area contributed by atoms with E-state index in [4.69, 9.17) is 0 Å². The SMILES string of the molecule is O=C1NC(=O)c2c1c1c3ccccc3[nH]c1c1c2c2cccc3c2n1CCC/C=C\3. The monoisotopic (exact) mass is 391 g/mol. The van der Waals surface area contributed by atoms with Gasteiger partial charge in [-0.05, 0) is 24.5 Å². The third-order valence-corrected chi connectivity index (χ3v) is 6.54. The van der Waals surface area contributed by atoms with Crippen LogP contribution in [0.2, 0.25) is 0 Å². The van der Waals surface area contributed by atoms with E-state index in [2.05, 4.69) is 39.2 Å². The molecule has 3 aromatic carbocycles. The minimum atomic E-state index is -0.312. The van der Waals surface area contributed by atoms with Gasteiger partial charge in [-0.1, -0.05) is 48.6 Å². The van der Waals surface area contributed by atoms with Gasteiger partial charge in [0, 0.05) is 33.6 Å². The Morgan fingerprint density at radius 2 is 1.63 bits per heavy atom. The number of carbonyl (C=O) groups is 2. The zero-order valence-corrected chi connectivity index (χ0v) is 16.1. The molecule has 144 valence electrons. The van der Waals surface area contributed by atoms with E-state index in [9.17, 15) is 9.59 Å². The van der Waals surface area contributed by atoms with Crippen molar-refractivity contribution in [3.8, 4) is 0 Å². The van der Waals surface area contributed by atoms with Gasteiger partial charge in [-0.25, -0.2) is 0 Å². The quantitative estimate of drug-likeness (QED) is 0.360. The standard InChI is InChI=1S/C25H17N3O2/c29-24-19-17-14-9-3-4-11-16(14)26-21(17)23-18(20(19)25(30)27-24)15-10-6-8-13-7-2-1-5-12-28(23)22(13)15/h2-4,6-11,26H,1,5,12H2,(H,27,29,30)/b7-2-. The predicted octanol–water partition coefficient (Wildman–Crippen LogP) is 5.12. The molecule has 7 rings (SSSR count). The number of rotatable bonds is 0. The molecule has 0 fully saturated rings. The van der Waals surface area contributed by atoms with Gasteiger partial charge in [0.2, 0.25) is 0 Å². The van der Waals surface area contributed by atoms with Crippen molar-refractivity contribution < 1.29 is 9.59 Å². The molecule has 0 unspecified atom stereocenters. The number of allylic oxidation sites excluding steroid dienone is 1. The van der Waals surface area contributed by atoms with Gasteiger partial charge in [0.1, 0.15) is 0 Å². The summed E-state index contributed by atoms with van der Waals surface area (Å²) in [6, 6.07) is 14.2. The van der Waals surface area contributed by atoms with E-state index in [1.54, 1.807) is 0 Å². The summed E-state index contributed by atoms with van der Waals surface area (Å²) in [6.07, 6.45) is 6.42. The Kier molecular flexibility index (Phi) is 2.87. The van der Waals surface area contributed by atoms with Crippen LogP contribution in [0.1, 0.15) is 39.1 Å². The summed E-state index contributed by atoms with van der Waals surface area (Å²) in [6.45, 7) is 0.861. The van der Waals surface area contributed by atoms with Crippen LogP contribution in [0.3, 0.4) is 0 Å². The summed E-state index contributed by atoms with van der Waals surface area (Å²) < 4.78 is 2.34. The molecule has 5 aromatic rings. The maximum absolute atomic E-state index is 13.0. The number of amides is 2. The normalized spacial score (nSPS) is 16.9. The molecule has 30 heavy (non-hydrogen) atoms. The second kappa shape index (κ2) is 5.39. The van der Waals surface area contributed by atoms with Gasteiger partial charge < -0.3 is 9.55 Å². The van der Waals surface area contributed by atoms with Crippen LogP contribution in [0.4, 0.5) is 0 Å². The van der Waals surface area contributed by atoms with Crippen LogP contribution in [-0.4, -0.2) is 21.4 Å². The van der Waals surface area contributed by atoms with Gasteiger partial charge in [0.05, 0.1) is 27.7 Å². The van der Waals surface area contributed by atoms with Crippen LogP contribution in [0.5, 0.6) is 0 Å². The molecule has 0 saturated heterocycles. The number of nitrogens with one attached hydrogen (secondary N) is 2. The molecular weight excluding hydrogens is 374 g/mol. The Bertz CT molecular complexity index is 1630. The zero-order chi connectivity index (χ0) is 20.0. The topological polar surface area (TPSA) is 66.9 Å². The number of hydrogen-bond acceptors (Lipinski definition) is 2. The fourth-order valence-corrected chi connectivity index (χ4v) is 5.40. The van der Waals surface area contributed by atoms with Gasteiger partial charge in [-0.3, -0.25) is 14.9 Å². The van der Waals surface area contributed by atoms with Crippen LogP contribution in [0.15, 0.2) is 48.5 Å². The highest BCUT2D eigenvalue weighted by molar-refractivity contribution is 6.39. The number of imide groups is 1. The Balaban J connectivity index is 1.87. The van der Waals surface area contributed by atoms with Crippen LogP contribution in [-0.2, 0) is 6.54 Å². The van der Waals surface area contributed by atoms with Crippen molar-refractivity contribution in [1.82, 2.24) is 14.9 Å². The molecule has 2 aliphatic rings. The average Bonchev–Trinajstić information content (AvgIpc) is 3.35. The minimum absolute atomic E-state index is 0.304. The molecule has 0 spiro atoms. The lowest BCUT2D eigenvalue weighted by Crippen LogP contribution is -2.20. The fraction of sp³-hybridized carbons (Fsp3) is 0.120. The van der Waals surface area contributed by atoms with Gasteiger partial charge in [0.25, 0.3) is 11.8 Å². The van der Waals surface area contributed by atoms with Crippen molar-refractivity contribution in [2.75, 3.05) is 0 Å². The molecule has 2 aromatic heterocycles. The molecule has 2 amide bonds. The van der Waals surface area contributed by atoms with E-state index in [1.165, 1.54) is 0 Å². The average molecular weight is 391 g/mol. The number of para-hydroxylation sites is 2. The first-order valence-electron chi connectivity index (χ1n) is 10.3. The number of aryl methyl sites for hydroxylation is 1. The first-order chi connectivity index (χ1) is 14.7. The highest BCUT2D eigenvalue weighted by atomic mass is 16.2. The maximum atomic E-state index is 13.0. The van der Waals surface area contributed by atoms with Gasteiger partial charge in [-0.2, -0.15) is 0 Å². The molecule has 0 radical (unpaired) electrons. The van der Waals surface area contributed by atoms with Crippen LogP contribution < -0.4 is 5.32 Å². The smallest absolute Gasteiger partial charge is 0.259 e. The minimum Gasteiger partial charge on any atom is -0.353 e. The van der Waals surface area contributed by atoms with Crippen molar-refractivity contribution >= 4 is 61.5 Å². The molecule has 0 aliphatic carbocycles. The van der Waals surface area contributed by atoms with Crippen LogP contribution in [0.25, 0.3) is 49.7 Å². The highest BCUT2D eigenvalue weighted by Crippen LogP contribution is 2.44. The van der Waals surface area contributed by atoms with Crippen molar-refractivity contribution in [2.24, 2.45) is 0 Å². The summed E-state index contributed by atoms with van der Waals surface area (Å²) in [4.78, 5) is 29.5. The molecule has 0 bridgehead atoms. The molecule has 2 N–H and O–H groups in total. The number of benzene rings is 3. The Morgan fingerprint density at radius 1 is 0.833 bits per heavy atom. The van der Waals surface area contributed by atoms with Crippen LogP contribution >= 0.6 is 0 Å². The third-order valence-electron chi connectivity index (χ3n) is 6.54. The molecule has 0 saturated carbocycles. The number of fused-ring (bicyclic) bond motifs is 10. The van der Waals surface area contributed by atoms with Crippen molar-refractivity contribution in [3.63, 3.8) is 0 Å². The number of aromatic amines is 1. The van der Waals surface area contributed by atoms with Gasteiger partial charge >= 0.3 is 0 Å². The number of hydrogen-bond donors (Lipinski definition) is 2. The van der Waals surface area contributed by atoms with Crippen molar-refractivity contribution in [3.05, 3.63) is 65.2 Å². The lowest BCUT2D eigenvalue weighted by atomic mass is 9.96. The van der Waals surface area contributed by atoms with Crippen LogP contribution in [0, 0.1) is 0 Å². The number of aromatic nitrogens is 2. The van der Waals surface area contributed by atoms with E-state index >= 15 is 0 Å². The van der Waals surface area contributed by atoms with E-state index in [0.29, 0.717) is 11.1 Å². The summed E-state index contributed by atoms with van der Waals surface area (Å²) in [5, 5.41) is 6.27. The number of H-pyrrole nitrogens is 1. The summed E-state index contributed by atoms with van der Waals surface area (Å²) in [5.41, 5.74) is 6.20. The Morgan fingerprint density at radius 3 is 2.53 bits per heavy atom. The number of nitrogens with zero attached hydrogens (tertiary/aromatic N) is 1. The largest absolute Gasteiger partial charge is 0.353 e. The lowest BCUT2D eigenvalue weighted by Gasteiger charge is -2.12.